The summed E-state index contributed by atoms with van der Waals surface area (Å²) >= 11 is 6.00. The van der Waals surface area contributed by atoms with Gasteiger partial charge in [-0.2, -0.15) is 0 Å². The van der Waals surface area contributed by atoms with Crippen molar-refractivity contribution in [2.75, 3.05) is 7.11 Å². The molecule has 0 aliphatic heterocycles. The van der Waals surface area contributed by atoms with Crippen molar-refractivity contribution in [3.63, 3.8) is 0 Å². The van der Waals surface area contributed by atoms with E-state index >= 15 is 0 Å². The number of carbonyl (C=O) groups is 1. The Morgan fingerprint density at radius 2 is 2.00 bits per heavy atom. The van der Waals surface area contributed by atoms with E-state index in [-0.39, 0.29) is 5.78 Å². The number of Topliss-reactive ketones (excluding diaryl/α,β-unsaturated/α-hetero) is 1. The van der Waals surface area contributed by atoms with Crippen LogP contribution in [0.1, 0.15) is 26.3 Å². The third-order valence-corrected chi connectivity index (χ3v) is 3.05. The zero-order valence-electron chi connectivity index (χ0n) is 9.43. The van der Waals surface area contributed by atoms with Crippen molar-refractivity contribution in [2.45, 2.75) is 26.2 Å². The molecule has 3 heteroatoms. The largest absolute Gasteiger partial charge is 0.495 e. The summed E-state index contributed by atoms with van der Waals surface area (Å²) in [6.45, 7) is 5.35. The van der Waals surface area contributed by atoms with Crippen LogP contribution in [0, 0.1) is 0 Å². The van der Waals surface area contributed by atoms with Crippen LogP contribution in [0.3, 0.4) is 0 Å². The zero-order chi connectivity index (χ0) is 11.6. The molecule has 0 unspecified atom stereocenters. The lowest BCUT2D eigenvalue weighted by Crippen LogP contribution is -2.26. The highest BCUT2D eigenvalue weighted by molar-refractivity contribution is 6.32. The molecule has 0 atom stereocenters. The summed E-state index contributed by atoms with van der Waals surface area (Å²) in [5.74, 6) is 0.739. The number of hydrogen-bond donors (Lipinski definition) is 0. The molecule has 0 aromatic heterocycles. The maximum absolute atomic E-state index is 11.5. The third kappa shape index (κ3) is 2.32. The molecular weight excluding hydrogens is 212 g/mol. The Bertz CT molecular complexity index is 383. The smallest absolute Gasteiger partial charge is 0.139 e. The molecule has 0 aliphatic rings. The van der Waals surface area contributed by atoms with Crippen molar-refractivity contribution in [3.05, 3.63) is 28.8 Å². The second-order valence-corrected chi connectivity index (χ2v) is 4.44. The number of methoxy groups -OCH3 is 1. The Morgan fingerprint density at radius 3 is 2.40 bits per heavy atom. The molecule has 0 aliphatic carbocycles. The number of ketones is 1. The Morgan fingerprint density at radius 1 is 1.40 bits per heavy atom. The van der Waals surface area contributed by atoms with E-state index in [0.717, 1.165) is 5.56 Å². The summed E-state index contributed by atoms with van der Waals surface area (Å²) < 4.78 is 5.06. The van der Waals surface area contributed by atoms with E-state index in [4.69, 9.17) is 16.3 Å². The number of carbonyl (C=O) groups excluding carboxylic acids is 1. The standard InChI is InChI=1S/C12H15ClO2/c1-8(14)12(2,3)9-5-6-11(15-4)10(13)7-9/h5-7H,1-4H3. The highest BCUT2D eigenvalue weighted by Gasteiger charge is 2.26. The van der Waals surface area contributed by atoms with Gasteiger partial charge in [0.25, 0.3) is 0 Å². The maximum atomic E-state index is 11.5. The number of benzene rings is 1. The second-order valence-electron chi connectivity index (χ2n) is 4.03. The van der Waals surface area contributed by atoms with E-state index in [0.29, 0.717) is 10.8 Å². The van der Waals surface area contributed by atoms with Crippen molar-refractivity contribution >= 4 is 17.4 Å². The minimum atomic E-state index is -0.504. The first-order valence-corrected chi connectivity index (χ1v) is 5.12. The molecule has 0 heterocycles. The fourth-order valence-electron chi connectivity index (χ4n) is 1.26. The Hall–Kier alpha value is -1.02. The third-order valence-electron chi connectivity index (χ3n) is 2.75. The SMILES string of the molecule is COc1ccc(C(C)(C)C(C)=O)cc1Cl. The van der Waals surface area contributed by atoms with Gasteiger partial charge in [0.15, 0.2) is 0 Å². The van der Waals surface area contributed by atoms with Gasteiger partial charge in [0.1, 0.15) is 11.5 Å². The van der Waals surface area contributed by atoms with Gasteiger partial charge in [-0.05, 0) is 38.5 Å². The van der Waals surface area contributed by atoms with Gasteiger partial charge in [0.2, 0.25) is 0 Å². The van der Waals surface area contributed by atoms with Gasteiger partial charge < -0.3 is 4.74 Å². The first-order valence-electron chi connectivity index (χ1n) is 4.74. The van der Waals surface area contributed by atoms with Crippen LogP contribution in [0.25, 0.3) is 0 Å². The molecule has 15 heavy (non-hydrogen) atoms. The lowest BCUT2D eigenvalue weighted by Gasteiger charge is -2.22. The van der Waals surface area contributed by atoms with Gasteiger partial charge in [0.05, 0.1) is 12.1 Å². The summed E-state index contributed by atoms with van der Waals surface area (Å²) in [7, 11) is 1.57. The first kappa shape index (κ1) is 12.1. The normalized spacial score (nSPS) is 11.3. The quantitative estimate of drug-likeness (QED) is 0.791. The summed E-state index contributed by atoms with van der Waals surface area (Å²) in [6, 6.07) is 5.43. The summed E-state index contributed by atoms with van der Waals surface area (Å²) in [4.78, 5) is 11.5. The molecule has 1 aromatic rings. The van der Waals surface area contributed by atoms with E-state index in [9.17, 15) is 4.79 Å². The van der Waals surface area contributed by atoms with Crippen LogP contribution >= 0.6 is 11.6 Å². The van der Waals surface area contributed by atoms with Gasteiger partial charge in [-0.1, -0.05) is 17.7 Å². The second kappa shape index (κ2) is 4.23. The van der Waals surface area contributed by atoms with Crippen LogP contribution in [-0.2, 0) is 10.2 Å². The van der Waals surface area contributed by atoms with Crippen molar-refractivity contribution in [3.8, 4) is 5.75 Å². The maximum Gasteiger partial charge on any atom is 0.139 e. The van der Waals surface area contributed by atoms with Gasteiger partial charge in [-0.3, -0.25) is 4.79 Å². The van der Waals surface area contributed by atoms with E-state index in [1.807, 2.05) is 19.9 Å². The molecule has 1 aromatic carbocycles. The molecule has 0 spiro atoms. The van der Waals surface area contributed by atoms with Crippen LogP contribution in [0.2, 0.25) is 5.02 Å². The molecule has 0 bridgehead atoms. The predicted octanol–water partition coefficient (Wildman–Crippen LogP) is 3.22. The molecule has 0 radical (unpaired) electrons. The summed E-state index contributed by atoms with van der Waals surface area (Å²) in [5.41, 5.74) is 0.399. The van der Waals surface area contributed by atoms with Crippen molar-refractivity contribution < 1.29 is 9.53 Å². The van der Waals surface area contributed by atoms with Gasteiger partial charge in [-0.15, -0.1) is 0 Å². The predicted molar refractivity (Wildman–Crippen MR) is 61.7 cm³/mol. The highest BCUT2D eigenvalue weighted by Crippen LogP contribution is 2.31. The molecule has 0 saturated heterocycles. The van der Waals surface area contributed by atoms with Crippen LogP contribution in [0.4, 0.5) is 0 Å². The first-order chi connectivity index (χ1) is 6.89. The molecule has 2 nitrogen and oxygen atoms in total. The number of halogens is 1. The summed E-state index contributed by atoms with van der Waals surface area (Å²) in [5, 5.41) is 0.532. The average Bonchev–Trinajstić information content (AvgIpc) is 2.17. The molecular formula is C12H15ClO2. The van der Waals surface area contributed by atoms with Crippen molar-refractivity contribution in [1.29, 1.82) is 0 Å². The van der Waals surface area contributed by atoms with E-state index in [2.05, 4.69) is 0 Å². The minimum Gasteiger partial charge on any atom is -0.495 e. The lowest BCUT2D eigenvalue weighted by atomic mass is 9.81. The number of hydrogen-bond acceptors (Lipinski definition) is 2. The molecule has 0 saturated carbocycles. The summed E-state index contributed by atoms with van der Waals surface area (Å²) in [6.07, 6.45) is 0. The Labute approximate surface area is 95.2 Å². The topological polar surface area (TPSA) is 26.3 Å². The zero-order valence-corrected chi connectivity index (χ0v) is 10.2. The van der Waals surface area contributed by atoms with Gasteiger partial charge in [0, 0.05) is 5.41 Å². The van der Waals surface area contributed by atoms with Gasteiger partial charge in [-0.25, -0.2) is 0 Å². The molecule has 0 N–H and O–H groups in total. The molecule has 0 fully saturated rings. The molecule has 0 amide bonds. The molecule has 1 rings (SSSR count). The monoisotopic (exact) mass is 226 g/mol. The number of rotatable bonds is 3. The van der Waals surface area contributed by atoms with E-state index < -0.39 is 5.41 Å². The van der Waals surface area contributed by atoms with Crippen molar-refractivity contribution in [1.82, 2.24) is 0 Å². The minimum absolute atomic E-state index is 0.115. The number of ether oxygens (including phenoxy) is 1. The van der Waals surface area contributed by atoms with Crippen LogP contribution in [0.5, 0.6) is 5.75 Å². The average molecular weight is 227 g/mol. The van der Waals surface area contributed by atoms with Gasteiger partial charge >= 0.3 is 0 Å². The lowest BCUT2D eigenvalue weighted by molar-refractivity contribution is -0.121. The van der Waals surface area contributed by atoms with Crippen molar-refractivity contribution in [2.24, 2.45) is 0 Å². The Balaban J connectivity index is 3.18. The fraction of sp³-hybridized carbons (Fsp3) is 0.417. The van der Waals surface area contributed by atoms with Crippen LogP contribution < -0.4 is 4.74 Å². The fourth-order valence-corrected chi connectivity index (χ4v) is 1.52. The highest BCUT2D eigenvalue weighted by atomic mass is 35.5. The van der Waals surface area contributed by atoms with Crippen LogP contribution in [0.15, 0.2) is 18.2 Å². The van der Waals surface area contributed by atoms with E-state index in [1.54, 1.807) is 26.2 Å². The van der Waals surface area contributed by atoms with Crippen LogP contribution in [-0.4, -0.2) is 12.9 Å². The molecule has 82 valence electrons. The van der Waals surface area contributed by atoms with E-state index in [1.165, 1.54) is 0 Å². The Kier molecular flexibility index (Phi) is 3.40.